The van der Waals surface area contributed by atoms with Crippen LogP contribution >= 0.6 is 11.6 Å². The Bertz CT molecular complexity index is 649. The average Bonchev–Trinajstić information content (AvgIpc) is 2.77. The zero-order valence-electron chi connectivity index (χ0n) is 11.3. The Morgan fingerprint density at radius 1 is 1.15 bits per heavy atom. The van der Waals surface area contributed by atoms with Crippen molar-refractivity contribution < 1.29 is 4.79 Å². The summed E-state index contributed by atoms with van der Waals surface area (Å²) in [6, 6.07) is 13.9. The summed E-state index contributed by atoms with van der Waals surface area (Å²) in [5, 5.41) is 3.75. The van der Waals surface area contributed by atoms with Crippen LogP contribution in [-0.4, -0.2) is 5.91 Å². The van der Waals surface area contributed by atoms with E-state index >= 15 is 0 Å². The van der Waals surface area contributed by atoms with Crippen LogP contribution in [0.15, 0.2) is 42.5 Å². The molecule has 0 unspecified atom stereocenters. The first-order valence-electron chi connectivity index (χ1n) is 6.86. The van der Waals surface area contributed by atoms with Crippen LogP contribution in [0, 0.1) is 0 Å². The van der Waals surface area contributed by atoms with Crippen LogP contribution in [0.3, 0.4) is 0 Å². The number of rotatable bonds is 3. The highest BCUT2D eigenvalue weighted by Crippen LogP contribution is 2.37. The van der Waals surface area contributed by atoms with Gasteiger partial charge < -0.3 is 5.32 Å². The minimum atomic E-state index is -0.0994. The van der Waals surface area contributed by atoms with Gasteiger partial charge >= 0.3 is 0 Å². The summed E-state index contributed by atoms with van der Waals surface area (Å²) in [4.78, 5) is 12.2. The molecule has 3 rings (SSSR count). The first kappa shape index (κ1) is 13.2. The summed E-state index contributed by atoms with van der Waals surface area (Å²) in [7, 11) is 0. The van der Waals surface area contributed by atoms with Crippen molar-refractivity contribution in [1.82, 2.24) is 0 Å². The first-order chi connectivity index (χ1) is 9.69. The molecule has 20 heavy (non-hydrogen) atoms. The summed E-state index contributed by atoms with van der Waals surface area (Å²) >= 11 is 5.90. The van der Waals surface area contributed by atoms with Crippen molar-refractivity contribution in [3.63, 3.8) is 0 Å². The zero-order chi connectivity index (χ0) is 14.1. The number of halogens is 1. The molecule has 1 heterocycles. The SMILES string of the molecule is CCc1cccc2c1NC(=O)[C@@H]2Cc1ccc(Cl)cc1. The molecule has 2 aromatic carbocycles. The zero-order valence-corrected chi connectivity index (χ0v) is 12.1. The lowest BCUT2D eigenvalue weighted by Gasteiger charge is -2.10. The lowest BCUT2D eigenvalue weighted by Crippen LogP contribution is -2.14. The fourth-order valence-corrected chi connectivity index (χ4v) is 2.89. The number of para-hydroxylation sites is 1. The molecule has 1 aliphatic rings. The van der Waals surface area contributed by atoms with Gasteiger partial charge in [-0.1, -0.05) is 48.9 Å². The predicted octanol–water partition coefficient (Wildman–Crippen LogP) is 4.18. The van der Waals surface area contributed by atoms with E-state index < -0.39 is 0 Å². The predicted molar refractivity (Wildman–Crippen MR) is 82.3 cm³/mol. The number of hydrogen-bond acceptors (Lipinski definition) is 1. The van der Waals surface area contributed by atoms with Gasteiger partial charge in [-0.05, 0) is 41.7 Å². The normalized spacial score (nSPS) is 16.9. The molecule has 102 valence electrons. The van der Waals surface area contributed by atoms with Crippen LogP contribution in [-0.2, 0) is 17.6 Å². The van der Waals surface area contributed by atoms with E-state index in [-0.39, 0.29) is 11.8 Å². The lowest BCUT2D eigenvalue weighted by molar-refractivity contribution is -0.117. The van der Waals surface area contributed by atoms with E-state index in [9.17, 15) is 4.79 Å². The Morgan fingerprint density at radius 2 is 1.90 bits per heavy atom. The summed E-state index contributed by atoms with van der Waals surface area (Å²) in [5.41, 5.74) is 4.46. The number of benzene rings is 2. The summed E-state index contributed by atoms with van der Waals surface area (Å²) < 4.78 is 0. The van der Waals surface area contributed by atoms with Crippen molar-refractivity contribution >= 4 is 23.2 Å². The van der Waals surface area contributed by atoms with Gasteiger partial charge in [-0.2, -0.15) is 0 Å². The van der Waals surface area contributed by atoms with Gasteiger partial charge in [0.25, 0.3) is 0 Å². The number of aryl methyl sites for hydroxylation is 1. The van der Waals surface area contributed by atoms with Gasteiger partial charge in [-0.3, -0.25) is 4.79 Å². The maximum Gasteiger partial charge on any atom is 0.232 e. The number of carbonyl (C=O) groups is 1. The smallest absolute Gasteiger partial charge is 0.232 e. The summed E-state index contributed by atoms with van der Waals surface area (Å²) in [6.07, 6.45) is 1.64. The van der Waals surface area contributed by atoms with Gasteiger partial charge in [-0.15, -0.1) is 0 Å². The molecule has 0 aliphatic carbocycles. The van der Waals surface area contributed by atoms with Gasteiger partial charge in [0, 0.05) is 10.7 Å². The number of anilines is 1. The standard InChI is InChI=1S/C17H16ClNO/c1-2-12-4-3-5-14-15(17(20)19-16(12)14)10-11-6-8-13(18)9-7-11/h3-9,15H,2,10H2,1H3,(H,19,20)/t15-/m1/s1. The van der Waals surface area contributed by atoms with Gasteiger partial charge in [0.15, 0.2) is 0 Å². The van der Waals surface area contributed by atoms with E-state index in [0.29, 0.717) is 6.42 Å². The monoisotopic (exact) mass is 285 g/mol. The Hall–Kier alpha value is -1.80. The van der Waals surface area contributed by atoms with Crippen molar-refractivity contribution in [2.75, 3.05) is 5.32 Å². The first-order valence-corrected chi connectivity index (χ1v) is 7.24. The Kier molecular flexibility index (Phi) is 3.49. The Labute approximate surface area is 123 Å². The number of nitrogens with one attached hydrogen (secondary N) is 1. The second-order valence-electron chi connectivity index (χ2n) is 5.11. The molecule has 1 amide bonds. The molecule has 0 spiro atoms. The largest absolute Gasteiger partial charge is 0.325 e. The maximum absolute atomic E-state index is 12.2. The van der Waals surface area contributed by atoms with Crippen LogP contribution in [0.2, 0.25) is 5.02 Å². The summed E-state index contributed by atoms with van der Waals surface area (Å²) in [5.74, 6) is -0.00599. The molecule has 1 aliphatic heterocycles. The lowest BCUT2D eigenvalue weighted by atomic mass is 9.92. The third-order valence-corrected chi connectivity index (χ3v) is 4.11. The Balaban J connectivity index is 1.92. The van der Waals surface area contributed by atoms with Crippen molar-refractivity contribution in [3.8, 4) is 0 Å². The molecular weight excluding hydrogens is 270 g/mol. The van der Waals surface area contributed by atoms with Crippen molar-refractivity contribution in [2.24, 2.45) is 0 Å². The van der Waals surface area contributed by atoms with Crippen LogP contribution in [0.1, 0.15) is 29.5 Å². The maximum atomic E-state index is 12.2. The third kappa shape index (κ3) is 2.32. The number of carbonyl (C=O) groups excluding carboxylic acids is 1. The van der Waals surface area contributed by atoms with Gasteiger partial charge in [0.05, 0.1) is 5.92 Å². The van der Waals surface area contributed by atoms with E-state index in [1.165, 1.54) is 5.56 Å². The molecule has 0 radical (unpaired) electrons. The highest BCUT2D eigenvalue weighted by Gasteiger charge is 2.31. The minimum Gasteiger partial charge on any atom is -0.325 e. The number of hydrogen-bond donors (Lipinski definition) is 1. The molecule has 1 atom stereocenters. The van der Waals surface area contributed by atoms with Gasteiger partial charge in [0.2, 0.25) is 5.91 Å². The second-order valence-corrected chi connectivity index (χ2v) is 5.54. The molecule has 0 aromatic heterocycles. The molecular formula is C17H16ClNO. The summed E-state index contributed by atoms with van der Waals surface area (Å²) in [6.45, 7) is 2.11. The van der Waals surface area contributed by atoms with E-state index in [1.54, 1.807) is 0 Å². The molecule has 1 N–H and O–H groups in total. The van der Waals surface area contributed by atoms with E-state index in [1.807, 2.05) is 36.4 Å². The van der Waals surface area contributed by atoms with Crippen LogP contribution in [0.4, 0.5) is 5.69 Å². The third-order valence-electron chi connectivity index (χ3n) is 3.86. The van der Waals surface area contributed by atoms with Crippen molar-refractivity contribution in [1.29, 1.82) is 0 Å². The number of amides is 1. The average molecular weight is 286 g/mol. The van der Waals surface area contributed by atoms with Crippen LogP contribution in [0.5, 0.6) is 0 Å². The molecule has 0 saturated carbocycles. The quantitative estimate of drug-likeness (QED) is 0.900. The molecule has 0 saturated heterocycles. The number of fused-ring (bicyclic) bond motifs is 1. The molecule has 2 nitrogen and oxygen atoms in total. The fourth-order valence-electron chi connectivity index (χ4n) is 2.77. The second kappa shape index (κ2) is 5.29. The highest BCUT2D eigenvalue weighted by molar-refractivity contribution is 6.30. The van der Waals surface area contributed by atoms with Gasteiger partial charge in [0.1, 0.15) is 0 Å². The van der Waals surface area contributed by atoms with E-state index in [0.717, 1.165) is 28.3 Å². The van der Waals surface area contributed by atoms with E-state index in [2.05, 4.69) is 18.3 Å². The van der Waals surface area contributed by atoms with Crippen LogP contribution in [0.25, 0.3) is 0 Å². The minimum absolute atomic E-state index is 0.0934. The fraction of sp³-hybridized carbons (Fsp3) is 0.235. The van der Waals surface area contributed by atoms with Gasteiger partial charge in [-0.25, -0.2) is 0 Å². The molecule has 2 aromatic rings. The Morgan fingerprint density at radius 3 is 2.60 bits per heavy atom. The van der Waals surface area contributed by atoms with Crippen molar-refractivity contribution in [2.45, 2.75) is 25.7 Å². The highest BCUT2D eigenvalue weighted by atomic mass is 35.5. The topological polar surface area (TPSA) is 29.1 Å². The van der Waals surface area contributed by atoms with E-state index in [4.69, 9.17) is 11.6 Å². The molecule has 0 bridgehead atoms. The molecule has 0 fully saturated rings. The van der Waals surface area contributed by atoms with Crippen LogP contribution < -0.4 is 5.32 Å². The van der Waals surface area contributed by atoms with Crippen molar-refractivity contribution in [3.05, 3.63) is 64.2 Å². The molecule has 3 heteroatoms.